The van der Waals surface area contributed by atoms with Crippen molar-refractivity contribution >= 4 is 17.6 Å². The number of guanidine groups is 1. The lowest BCUT2D eigenvalue weighted by atomic mass is 10.0. The van der Waals surface area contributed by atoms with Crippen molar-refractivity contribution in [3.8, 4) is 0 Å². The third kappa shape index (κ3) is 6.20. The smallest absolute Gasteiger partial charge is 0.226 e. The van der Waals surface area contributed by atoms with E-state index < -0.39 is 0 Å². The molecule has 2 aliphatic rings. The summed E-state index contributed by atoms with van der Waals surface area (Å²) in [5.41, 5.74) is 2.16. The number of likely N-dealkylation sites (tertiary alicyclic amines) is 1. The van der Waals surface area contributed by atoms with E-state index in [1.54, 1.807) is 0 Å². The molecule has 0 atom stereocenters. The zero-order chi connectivity index (χ0) is 20.6. The van der Waals surface area contributed by atoms with Gasteiger partial charge < -0.3 is 20.4 Å². The predicted molar refractivity (Wildman–Crippen MR) is 120 cm³/mol. The summed E-state index contributed by atoms with van der Waals surface area (Å²) in [6, 6.07) is 9.39. The second-order valence-electron chi connectivity index (χ2n) is 8.41. The first-order valence-electron chi connectivity index (χ1n) is 11.2. The molecule has 6 nitrogen and oxygen atoms in total. The van der Waals surface area contributed by atoms with Crippen molar-refractivity contribution in [1.29, 1.82) is 0 Å². The maximum Gasteiger partial charge on any atom is 0.226 e. The van der Waals surface area contributed by atoms with E-state index in [-0.39, 0.29) is 5.91 Å². The van der Waals surface area contributed by atoms with Crippen molar-refractivity contribution < 1.29 is 4.79 Å². The molecule has 1 aromatic carbocycles. The van der Waals surface area contributed by atoms with E-state index in [1.165, 1.54) is 0 Å². The van der Waals surface area contributed by atoms with Gasteiger partial charge in [0.2, 0.25) is 5.91 Å². The molecule has 0 unspecified atom stereocenters. The minimum absolute atomic E-state index is 0.240. The number of carbonyl (C=O) groups excluding carboxylic acids is 1. The van der Waals surface area contributed by atoms with Crippen molar-refractivity contribution in [2.45, 2.75) is 71.5 Å². The molecule has 29 heavy (non-hydrogen) atoms. The Bertz CT molecular complexity index is 677. The topological polar surface area (TPSA) is 60.0 Å². The van der Waals surface area contributed by atoms with E-state index in [0.717, 1.165) is 69.1 Å². The first-order chi connectivity index (χ1) is 14.1. The van der Waals surface area contributed by atoms with Crippen LogP contribution in [-0.4, -0.2) is 55.0 Å². The van der Waals surface area contributed by atoms with E-state index in [1.807, 2.05) is 4.90 Å². The van der Waals surface area contributed by atoms with E-state index in [9.17, 15) is 4.79 Å². The van der Waals surface area contributed by atoms with Gasteiger partial charge in [0.1, 0.15) is 0 Å². The van der Waals surface area contributed by atoms with Gasteiger partial charge in [-0.15, -0.1) is 0 Å². The molecule has 2 N–H and O–H groups in total. The van der Waals surface area contributed by atoms with Crippen molar-refractivity contribution in [1.82, 2.24) is 15.5 Å². The standard InChI is InChI=1S/C23H37N5O/c1-4-24-23(26-20-12-15-27(16-13-20)18(2)3)25-17-19-8-10-21(11-9-19)28-14-6-5-7-22(28)29/h8-11,18,20H,4-7,12-17H2,1-3H3,(H2,24,25,26). The number of hydrogen-bond acceptors (Lipinski definition) is 3. The van der Waals surface area contributed by atoms with E-state index in [0.29, 0.717) is 25.0 Å². The van der Waals surface area contributed by atoms with Gasteiger partial charge in [0.25, 0.3) is 0 Å². The van der Waals surface area contributed by atoms with Crippen LogP contribution in [0.2, 0.25) is 0 Å². The number of aliphatic imine (C=N–C) groups is 1. The minimum atomic E-state index is 0.240. The summed E-state index contributed by atoms with van der Waals surface area (Å²) in [6.45, 7) is 11.2. The number of piperidine rings is 2. The van der Waals surface area contributed by atoms with Crippen LogP contribution < -0.4 is 15.5 Å². The fraction of sp³-hybridized carbons (Fsp3) is 0.652. The molecule has 0 aromatic heterocycles. The van der Waals surface area contributed by atoms with Gasteiger partial charge in [-0.1, -0.05) is 12.1 Å². The van der Waals surface area contributed by atoms with Gasteiger partial charge in [-0.05, 0) is 64.2 Å². The molecule has 2 aliphatic heterocycles. The predicted octanol–water partition coefficient (Wildman–Crippen LogP) is 3.13. The summed E-state index contributed by atoms with van der Waals surface area (Å²) in [5.74, 6) is 1.13. The molecule has 0 spiro atoms. The highest BCUT2D eigenvalue weighted by molar-refractivity contribution is 5.93. The average Bonchev–Trinajstić information content (AvgIpc) is 2.73. The van der Waals surface area contributed by atoms with E-state index in [4.69, 9.17) is 4.99 Å². The highest BCUT2D eigenvalue weighted by Crippen LogP contribution is 2.21. The number of anilines is 1. The lowest BCUT2D eigenvalue weighted by Crippen LogP contribution is -2.49. The molecule has 0 aliphatic carbocycles. The van der Waals surface area contributed by atoms with Crippen LogP contribution in [0.25, 0.3) is 0 Å². The normalized spacial score (nSPS) is 19.7. The summed E-state index contributed by atoms with van der Waals surface area (Å²) >= 11 is 0. The fourth-order valence-electron chi connectivity index (χ4n) is 4.10. The Balaban J connectivity index is 1.55. The molecule has 160 valence electrons. The first-order valence-corrected chi connectivity index (χ1v) is 11.2. The van der Waals surface area contributed by atoms with Gasteiger partial charge in [0.15, 0.2) is 5.96 Å². The Labute approximate surface area is 175 Å². The largest absolute Gasteiger partial charge is 0.357 e. The Kier molecular flexibility index (Phi) is 7.92. The van der Waals surface area contributed by atoms with Crippen LogP contribution in [0.15, 0.2) is 29.3 Å². The number of nitrogens with one attached hydrogen (secondary N) is 2. The van der Waals surface area contributed by atoms with Gasteiger partial charge >= 0.3 is 0 Å². The van der Waals surface area contributed by atoms with Crippen LogP contribution in [0.3, 0.4) is 0 Å². The van der Waals surface area contributed by atoms with Gasteiger partial charge in [0.05, 0.1) is 6.54 Å². The van der Waals surface area contributed by atoms with Crippen LogP contribution in [0.4, 0.5) is 5.69 Å². The summed E-state index contributed by atoms with van der Waals surface area (Å²) in [7, 11) is 0. The van der Waals surface area contributed by atoms with E-state index >= 15 is 0 Å². The van der Waals surface area contributed by atoms with Crippen molar-refractivity contribution in [2.75, 3.05) is 31.1 Å². The monoisotopic (exact) mass is 399 g/mol. The fourth-order valence-corrected chi connectivity index (χ4v) is 4.10. The lowest BCUT2D eigenvalue weighted by molar-refractivity contribution is -0.119. The summed E-state index contributed by atoms with van der Waals surface area (Å²) < 4.78 is 0. The van der Waals surface area contributed by atoms with Crippen molar-refractivity contribution in [3.63, 3.8) is 0 Å². The average molecular weight is 400 g/mol. The van der Waals surface area contributed by atoms with Crippen molar-refractivity contribution in [3.05, 3.63) is 29.8 Å². The van der Waals surface area contributed by atoms with Gasteiger partial charge in [-0.2, -0.15) is 0 Å². The summed E-state index contributed by atoms with van der Waals surface area (Å²) in [5, 5.41) is 6.99. The van der Waals surface area contributed by atoms with Gasteiger partial charge in [0, 0.05) is 50.4 Å². The van der Waals surface area contributed by atoms with Crippen LogP contribution in [0.1, 0.15) is 58.4 Å². The Morgan fingerprint density at radius 1 is 1.14 bits per heavy atom. The zero-order valence-electron chi connectivity index (χ0n) is 18.3. The van der Waals surface area contributed by atoms with E-state index in [2.05, 4.69) is 60.6 Å². The second kappa shape index (κ2) is 10.6. The number of amides is 1. The Morgan fingerprint density at radius 3 is 2.48 bits per heavy atom. The SMILES string of the molecule is CCNC(=NCc1ccc(N2CCCCC2=O)cc1)NC1CCN(C(C)C)CC1. The third-order valence-electron chi connectivity index (χ3n) is 5.94. The van der Waals surface area contributed by atoms with Gasteiger partial charge in [-0.25, -0.2) is 4.99 Å². The van der Waals surface area contributed by atoms with Crippen LogP contribution >= 0.6 is 0 Å². The number of hydrogen-bond donors (Lipinski definition) is 2. The second-order valence-corrected chi connectivity index (χ2v) is 8.41. The minimum Gasteiger partial charge on any atom is -0.357 e. The van der Waals surface area contributed by atoms with Gasteiger partial charge in [-0.3, -0.25) is 4.79 Å². The Morgan fingerprint density at radius 2 is 1.86 bits per heavy atom. The molecule has 0 bridgehead atoms. The molecule has 6 heteroatoms. The maximum absolute atomic E-state index is 12.1. The summed E-state index contributed by atoms with van der Waals surface area (Å²) in [6.07, 6.45) is 5.08. The molecule has 3 rings (SSSR count). The quantitative estimate of drug-likeness (QED) is 0.570. The first kappa shape index (κ1) is 21.6. The molecule has 1 aromatic rings. The molecular formula is C23H37N5O. The third-order valence-corrected chi connectivity index (χ3v) is 5.94. The highest BCUT2D eigenvalue weighted by atomic mass is 16.2. The molecule has 0 radical (unpaired) electrons. The molecule has 2 fully saturated rings. The maximum atomic E-state index is 12.1. The molecule has 1 amide bonds. The Hall–Kier alpha value is -2.08. The highest BCUT2D eigenvalue weighted by Gasteiger charge is 2.21. The number of carbonyl (C=O) groups is 1. The number of benzene rings is 1. The van der Waals surface area contributed by atoms with Crippen LogP contribution in [0, 0.1) is 0 Å². The molecule has 0 saturated carbocycles. The van der Waals surface area contributed by atoms with Crippen molar-refractivity contribution in [2.24, 2.45) is 4.99 Å². The van der Waals surface area contributed by atoms with Crippen LogP contribution in [0.5, 0.6) is 0 Å². The molecule has 2 heterocycles. The molecular weight excluding hydrogens is 362 g/mol. The van der Waals surface area contributed by atoms with Crippen LogP contribution in [-0.2, 0) is 11.3 Å². The number of nitrogens with zero attached hydrogens (tertiary/aromatic N) is 3. The number of rotatable bonds is 6. The molecule has 2 saturated heterocycles. The summed E-state index contributed by atoms with van der Waals surface area (Å²) in [4.78, 5) is 21.3. The lowest BCUT2D eigenvalue weighted by Gasteiger charge is -2.35. The zero-order valence-corrected chi connectivity index (χ0v) is 18.3.